The quantitative estimate of drug-likeness (QED) is 0.771. The number of para-hydroxylation sites is 1. The number of anilines is 1. The van der Waals surface area contributed by atoms with Gasteiger partial charge in [0.05, 0.1) is 16.8 Å². The highest BCUT2D eigenvalue weighted by molar-refractivity contribution is 7.22. The number of rotatable bonds is 3. The lowest BCUT2D eigenvalue weighted by atomic mass is 10.3. The standard InChI is InChI=1S/C11H9N3S2/c1-2-4-9-8(3-1)14-11(16-9)13-7-10-12-5-6-15-10/h1-6H,7H2,(H,13,14). The van der Waals surface area contributed by atoms with E-state index in [2.05, 4.69) is 21.4 Å². The van der Waals surface area contributed by atoms with Gasteiger partial charge in [-0.25, -0.2) is 9.97 Å². The average Bonchev–Trinajstić information content (AvgIpc) is 2.95. The first-order valence-corrected chi connectivity index (χ1v) is 6.59. The Morgan fingerprint density at radius 1 is 1.25 bits per heavy atom. The van der Waals surface area contributed by atoms with Crippen LogP contribution >= 0.6 is 22.7 Å². The lowest BCUT2D eigenvalue weighted by Crippen LogP contribution is -1.97. The summed E-state index contributed by atoms with van der Waals surface area (Å²) < 4.78 is 1.21. The van der Waals surface area contributed by atoms with E-state index in [1.807, 2.05) is 29.8 Å². The smallest absolute Gasteiger partial charge is 0.184 e. The van der Waals surface area contributed by atoms with Gasteiger partial charge < -0.3 is 5.32 Å². The van der Waals surface area contributed by atoms with E-state index in [4.69, 9.17) is 0 Å². The van der Waals surface area contributed by atoms with Gasteiger partial charge in [-0.3, -0.25) is 0 Å². The third-order valence-corrected chi connectivity index (χ3v) is 3.94. The largest absolute Gasteiger partial charge is 0.355 e. The lowest BCUT2D eigenvalue weighted by molar-refractivity contribution is 1.10. The molecule has 0 saturated carbocycles. The molecule has 0 aliphatic heterocycles. The van der Waals surface area contributed by atoms with Gasteiger partial charge in [0, 0.05) is 11.6 Å². The molecule has 0 saturated heterocycles. The van der Waals surface area contributed by atoms with Gasteiger partial charge in [-0.15, -0.1) is 11.3 Å². The van der Waals surface area contributed by atoms with Crippen LogP contribution in [0.25, 0.3) is 10.2 Å². The number of nitrogens with zero attached hydrogens (tertiary/aromatic N) is 2. The first-order chi connectivity index (χ1) is 7.92. The molecule has 1 N–H and O–H groups in total. The molecule has 16 heavy (non-hydrogen) atoms. The maximum atomic E-state index is 4.50. The first kappa shape index (κ1) is 9.74. The maximum Gasteiger partial charge on any atom is 0.184 e. The normalized spacial score (nSPS) is 10.8. The van der Waals surface area contributed by atoms with Crippen molar-refractivity contribution in [1.82, 2.24) is 9.97 Å². The molecule has 3 aromatic rings. The van der Waals surface area contributed by atoms with Gasteiger partial charge in [0.25, 0.3) is 0 Å². The maximum absolute atomic E-state index is 4.50. The molecular formula is C11H9N3S2. The number of hydrogen-bond donors (Lipinski definition) is 1. The van der Waals surface area contributed by atoms with Gasteiger partial charge in [0.15, 0.2) is 5.13 Å². The molecular weight excluding hydrogens is 238 g/mol. The Hall–Kier alpha value is -1.46. The fraction of sp³-hybridized carbons (Fsp3) is 0.0909. The molecule has 0 atom stereocenters. The van der Waals surface area contributed by atoms with E-state index in [1.165, 1.54) is 4.70 Å². The van der Waals surface area contributed by atoms with Crippen LogP contribution in [-0.2, 0) is 6.54 Å². The minimum absolute atomic E-state index is 0.748. The van der Waals surface area contributed by atoms with Crippen LogP contribution in [0.4, 0.5) is 5.13 Å². The van der Waals surface area contributed by atoms with Gasteiger partial charge in [0.1, 0.15) is 5.01 Å². The third kappa shape index (κ3) is 1.91. The molecule has 3 rings (SSSR count). The lowest BCUT2D eigenvalue weighted by Gasteiger charge is -1.96. The average molecular weight is 247 g/mol. The van der Waals surface area contributed by atoms with E-state index < -0.39 is 0 Å². The Morgan fingerprint density at radius 3 is 3.00 bits per heavy atom. The molecule has 0 radical (unpaired) electrons. The zero-order valence-electron chi connectivity index (χ0n) is 8.38. The number of thiazole rings is 2. The van der Waals surface area contributed by atoms with Crippen molar-refractivity contribution in [1.29, 1.82) is 0 Å². The number of aromatic nitrogens is 2. The van der Waals surface area contributed by atoms with Crippen LogP contribution in [0.3, 0.4) is 0 Å². The summed E-state index contributed by atoms with van der Waals surface area (Å²) in [5.74, 6) is 0. The number of benzene rings is 1. The highest BCUT2D eigenvalue weighted by atomic mass is 32.1. The molecule has 5 heteroatoms. The van der Waals surface area contributed by atoms with Crippen LogP contribution < -0.4 is 5.32 Å². The number of fused-ring (bicyclic) bond motifs is 1. The van der Waals surface area contributed by atoms with Crippen molar-refractivity contribution in [2.45, 2.75) is 6.54 Å². The molecule has 0 unspecified atom stereocenters. The Morgan fingerprint density at radius 2 is 2.19 bits per heavy atom. The zero-order valence-corrected chi connectivity index (χ0v) is 10.0. The van der Waals surface area contributed by atoms with Crippen molar-refractivity contribution in [3.63, 3.8) is 0 Å². The number of nitrogens with one attached hydrogen (secondary N) is 1. The Labute approximate surface area is 101 Å². The summed E-state index contributed by atoms with van der Waals surface area (Å²) in [7, 11) is 0. The third-order valence-electron chi connectivity index (χ3n) is 2.17. The van der Waals surface area contributed by atoms with Crippen molar-refractivity contribution >= 4 is 38.0 Å². The Balaban J connectivity index is 1.79. The fourth-order valence-corrected chi connectivity index (χ4v) is 2.86. The predicted octanol–water partition coefficient (Wildman–Crippen LogP) is 3.36. The van der Waals surface area contributed by atoms with E-state index in [1.54, 1.807) is 22.7 Å². The minimum atomic E-state index is 0.748. The van der Waals surface area contributed by atoms with Crippen LogP contribution in [0, 0.1) is 0 Å². The van der Waals surface area contributed by atoms with E-state index >= 15 is 0 Å². The van der Waals surface area contributed by atoms with Crippen molar-refractivity contribution < 1.29 is 0 Å². The van der Waals surface area contributed by atoms with Crippen LogP contribution in [-0.4, -0.2) is 9.97 Å². The first-order valence-electron chi connectivity index (χ1n) is 4.89. The summed E-state index contributed by atoms with van der Waals surface area (Å²) in [6.07, 6.45) is 1.82. The summed E-state index contributed by atoms with van der Waals surface area (Å²) in [6.45, 7) is 0.748. The van der Waals surface area contributed by atoms with Gasteiger partial charge >= 0.3 is 0 Å². The predicted molar refractivity (Wildman–Crippen MR) is 69.1 cm³/mol. The van der Waals surface area contributed by atoms with Crippen molar-refractivity contribution in [2.75, 3.05) is 5.32 Å². The number of hydrogen-bond acceptors (Lipinski definition) is 5. The van der Waals surface area contributed by atoms with E-state index in [0.29, 0.717) is 0 Å². The molecule has 3 nitrogen and oxygen atoms in total. The fourth-order valence-electron chi connectivity index (χ4n) is 1.44. The molecule has 2 heterocycles. The summed E-state index contributed by atoms with van der Waals surface area (Å²) in [4.78, 5) is 8.71. The highest BCUT2D eigenvalue weighted by Crippen LogP contribution is 2.25. The zero-order chi connectivity index (χ0) is 10.8. The molecule has 1 aromatic carbocycles. The van der Waals surface area contributed by atoms with Crippen LogP contribution in [0.2, 0.25) is 0 Å². The van der Waals surface area contributed by atoms with Crippen molar-refractivity contribution in [2.24, 2.45) is 0 Å². The van der Waals surface area contributed by atoms with Crippen LogP contribution in [0.5, 0.6) is 0 Å². The molecule has 0 aliphatic rings. The summed E-state index contributed by atoms with van der Waals surface area (Å²) in [6, 6.07) is 8.15. The van der Waals surface area contributed by atoms with Crippen molar-refractivity contribution in [3.05, 3.63) is 40.8 Å². The second-order valence-corrected chi connectivity index (χ2v) is 5.28. The molecule has 0 fully saturated rings. The highest BCUT2D eigenvalue weighted by Gasteiger charge is 2.02. The van der Waals surface area contributed by atoms with Crippen LogP contribution in [0.1, 0.15) is 5.01 Å². The van der Waals surface area contributed by atoms with E-state index in [-0.39, 0.29) is 0 Å². The second-order valence-electron chi connectivity index (χ2n) is 3.27. The minimum Gasteiger partial charge on any atom is -0.355 e. The summed E-state index contributed by atoms with van der Waals surface area (Å²) >= 11 is 3.33. The van der Waals surface area contributed by atoms with E-state index in [0.717, 1.165) is 22.2 Å². The van der Waals surface area contributed by atoms with Gasteiger partial charge in [0.2, 0.25) is 0 Å². The summed E-state index contributed by atoms with van der Waals surface area (Å²) in [5.41, 5.74) is 1.05. The Kier molecular flexibility index (Phi) is 2.55. The molecule has 0 bridgehead atoms. The Bertz CT molecular complexity index is 553. The van der Waals surface area contributed by atoms with Gasteiger partial charge in [-0.2, -0.15) is 0 Å². The van der Waals surface area contributed by atoms with E-state index in [9.17, 15) is 0 Å². The molecule has 2 aromatic heterocycles. The topological polar surface area (TPSA) is 37.8 Å². The second kappa shape index (κ2) is 4.19. The van der Waals surface area contributed by atoms with Crippen molar-refractivity contribution in [3.8, 4) is 0 Å². The molecule has 0 aliphatic carbocycles. The van der Waals surface area contributed by atoms with Gasteiger partial charge in [-0.05, 0) is 12.1 Å². The molecule has 0 spiro atoms. The SMILES string of the molecule is c1ccc2sc(NCc3nccs3)nc2c1. The molecule has 80 valence electrons. The van der Waals surface area contributed by atoms with Gasteiger partial charge in [-0.1, -0.05) is 23.5 Å². The van der Waals surface area contributed by atoms with Crippen LogP contribution in [0.15, 0.2) is 35.8 Å². The molecule has 0 amide bonds. The monoisotopic (exact) mass is 247 g/mol. The summed E-state index contributed by atoms with van der Waals surface area (Å²) in [5, 5.41) is 7.31.